The number of aryl methyl sites for hydroxylation is 1. The molecule has 0 aliphatic carbocycles. The lowest BCUT2D eigenvalue weighted by Crippen LogP contribution is -2.38. The van der Waals surface area contributed by atoms with Gasteiger partial charge in [0, 0.05) is 37.6 Å². The highest BCUT2D eigenvalue weighted by Crippen LogP contribution is 2.29. The Kier molecular flexibility index (Phi) is 5.36. The van der Waals surface area contributed by atoms with E-state index in [9.17, 15) is 9.59 Å². The molecule has 1 aliphatic rings. The van der Waals surface area contributed by atoms with Crippen LogP contribution in [0.4, 0.5) is 0 Å². The van der Waals surface area contributed by atoms with Crippen molar-refractivity contribution < 1.29 is 9.53 Å². The molecule has 0 unspecified atom stereocenters. The third kappa shape index (κ3) is 3.35. The summed E-state index contributed by atoms with van der Waals surface area (Å²) in [5, 5.41) is 4.90. The average Bonchev–Trinajstić information content (AvgIpc) is 2.95. The number of carbonyl (C=O) groups is 1. The molecule has 7 nitrogen and oxygen atoms in total. The molecule has 2 heterocycles. The fraction of sp³-hybridized carbons (Fsp3) is 0.500. The van der Waals surface area contributed by atoms with E-state index in [-0.39, 0.29) is 17.5 Å². The number of likely N-dealkylation sites (tertiary alicyclic amines) is 1. The molecule has 8 heteroatoms. The molecule has 0 bridgehead atoms. The minimum Gasteiger partial charge on any atom is -0.496 e. The second kappa shape index (κ2) is 7.53. The normalized spacial score (nSPS) is 15.3. The van der Waals surface area contributed by atoms with E-state index in [0.29, 0.717) is 36.0 Å². The van der Waals surface area contributed by atoms with Gasteiger partial charge < -0.3 is 9.64 Å². The monoisotopic (exact) mass is 378 g/mol. The first-order valence-corrected chi connectivity index (χ1v) is 9.10. The number of methoxy groups -OCH3 is 1. The third-order valence-electron chi connectivity index (χ3n) is 4.89. The van der Waals surface area contributed by atoms with E-state index < -0.39 is 0 Å². The van der Waals surface area contributed by atoms with Crippen LogP contribution in [0.1, 0.15) is 41.9 Å². The molecule has 140 valence electrons. The molecule has 0 saturated carbocycles. The smallest absolute Gasteiger partial charge is 0.345 e. The number of hydrogen-bond donors (Lipinski definition) is 0. The molecule has 3 rings (SSSR count). The van der Waals surface area contributed by atoms with Crippen LogP contribution in [0.15, 0.2) is 23.0 Å². The molecular weight excluding hydrogens is 356 g/mol. The van der Waals surface area contributed by atoms with Gasteiger partial charge in [0.2, 0.25) is 0 Å². The van der Waals surface area contributed by atoms with E-state index in [1.165, 1.54) is 11.8 Å². The zero-order valence-corrected chi connectivity index (χ0v) is 16.0. The molecule has 0 N–H and O–H groups in total. The minimum absolute atomic E-state index is 0.0864. The number of aromatic nitrogens is 3. The highest BCUT2D eigenvalue weighted by atomic mass is 35.5. The van der Waals surface area contributed by atoms with Crippen molar-refractivity contribution in [3.8, 4) is 5.75 Å². The number of hydrogen-bond acceptors (Lipinski definition) is 4. The maximum atomic E-state index is 12.9. The Morgan fingerprint density at radius 2 is 2.04 bits per heavy atom. The van der Waals surface area contributed by atoms with Gasteiger partial charge in [-0.3, -0.25) is 9.36 Å². The van der Waals surface area contributed by atoms with Crippen LogP contribution in [0.25, 0.3) is 0 Å². The standard InChI is InChI=1S/C18H23ClN4O3/c1-4-23-16(20-21(2)18(23)25)12-7-9-22(10-8-12)17(24)14-11-13(19)5-6-15(14)26-3/h5-6,11-12H,4,7-10H2,1-3H3. The van der Waals surface area contributed by atoms with Crippen LogP contribution < -0.4 is 10.4 Å². The van der Waals surface area contributed by atoms with Crippen LogP contribution in [-0.4, -0.2) is 45.4 Å². The van der Waals surface area contributed by atoms with Crippen molar-refractivity contribution in [2.24, 2.45) is 7.05 Å². The second-order valence-electron chi connectivity index (χ2n) is 6.42. The number of ether oxygens (including phenoxy) is 1. The van der Waals surface area contributed by atoms with E-state index in [1.54, 1.807) is 29.8 Å². The van der Waals surface area contributed by atoms with Gasteiger partial charge in [0.15, 0.2) is 0 Å². The second-order valence-corrected chi connectivity index (χ2v) is 6.86. The summed E-state index contributed by atoms with van der Waals surface area (Å²) in [5.41, 5.74) is 0.381. The van der Waals surface area contributed by atoms with Crippen molar-refractivity contribution in [1.29, 1.82) is 0 Å². The van der Waals surface area contributed by atoms with Crippen LogP contribution in [0.3, 0.4) is 0 Å². The van der Waals surface area contributed by atoms with Crippen molar-refractivity contribution in [3.63, 3.8) is 0 Å². The molecule has 0 spiro atoms. The van der Waals surface area contributed by atoms with Gasteiger partial charge in [0.1, 0.15) is 11.6 Å². The van der Waals surface area contributed by atoms with Gasteiger partial charge in [-0.2, -0.15) is 5.10 Å². The van der Waals surface area contributed by atoms with Crippen LogP contribution in [-0.2, 0) is 13.6 Å². The average molecular weight is 379 g/mol. The van der Waals surface area contributed by atoms with Gasteiger partial charge in [-0.05, 0) is 38.0 Å². The highest BCUT2D eigenvalue weighted by molar-refractivity contribution is 6.31. The summed E-state index contributed by atoms with van der Waals surface area (Å²) in [6, 6.07) is 5.05. The molecule has 1 amide bonds. The Hall–Kier alpha value is -2.28. The first-order valence-electron chi connectivity index (χ1n) is 8.72. The van der Waals surface area contributed by atoms with Crippen LogP contribution in [0.2, 0.25) is 5.02 Å². The summed E-state index contributed by atoms with van der Waals surface area (Å²) in [6.07, 6.45) is 1.54. The summed E-state index contributed by atoms with van der Waals surface area (Å²) in [5.74, 6) is 1.42. The van der Waals surface area contributed by atoms with Crippen molar-refractivity contribution in [3.05, 3.63) is 45.1 Å². The number of benzene rings is 1. The van der Waals surface area contributed by atoms with Gasteiger partial charge >= 0.3 is 5.69 Å². The van der Waals surface area contributed by atoms with Crippen LogP contribution >= 0.6 is 11.6 Å². The molecule has 0 radical (unpaired) electrons. The number of amides is 1. The van der Waals surface area contributed by atoms with Gasteiger partial charge in [0.25, 0.3) is 5.91 Å². The number of halogens is 1. The first kappa shape index (κ1) is 18.5. The molecule has 26 heavy (non-hydrogen) atoms. The van der Waals surface area contributed by atoms with E-state index in [4.69, 9.17) is 16.3 Å². The lowest BCUT2D eigenvalue weighted by Gasteiger charge is -2.32. The third-order valence-corrected chi connectivity index (χ3v) is 5.13. The predicted octanol–water partition coefficient (Wildman–Crippen LogP) is 2.28. The number of nitrogens with zero attached hydrogens (tertiary/aromatic N) is 4. The van der Waals surface area contributed by atoms with Gasteiger partial charge in [-0.15, -0.1) is 0 Å². The molecule has 2 aromatic rings. The molecule has 0 atom stereocenters. The van der Waals surface area contributed by atoms with E-state index >= 15 is 0 Å². The fourth-order valence-electron chi connectivity index (χ4n) is 3.48. The highest BCUT2D eigenvalue weighted by Gasteiger charge is 2.29. The fourth-order valence-corrected chi connectivity index (χ4v) is 3.65. The number of rotatable bonds is 4. The van der Waals surface area contributed by atoms with Crippen LogP contribution in [0.5, 0.6) is 5.75 Å². The zero-order valence-electron chi connectivity index (χ0n) is 15.2. The van der Waals surface area contributed by atoms with E-state index in [0.717, 1.165) is 18.7 Å². The van der Waals surface area contributed by atoms with E-state index in [2.05, 4.69) is 5.10 Å². The minimum atomic E-state index is -0.0929. The Balaban J connectivity index is 1.75. The lowest BCUT2D eigenvalue weighted by molar-refractivity contribution is 0.0706. The Morgan fingerprint density at radius 1 is 1.35 bits per heavy atom. The number of carbonyl (C=O) groups excluding carboxylic acids is 1. The largest absolute Gasteiger partial charge is 0.496 e. The number of piperidine rings is 1. The van der Waals surface area contributed by atoms with Crippen LogP contribution in [0, 0.1) is 0 Å². The topological polar surface area (TPSA) is 69.4 Å². The quantitative estimate of drug-likeness (QED) is 0.818. The SMILES string of the molecule is CCn1c(C2CCN(C(=O)c3cc(Cl)ccc3OC)CC2)nn(C)c1=O. The summed E-state index contributed by atoms with van der Waals surface area (Å²) in [4.78, 5) is 26.8. The maximum Gasteiger partial charge on any atom is 0.345 e. The molecule has 1 aromatic heterocycles. The predicted molar refractivity (Wildman–Crippen MR) is 99.0 cm³/mol. The van der Waals surface area contributed by atoms with Gasteiger partial charge in [-0.1, -0.05) is 11.6 Å². The summed E-state index contributed by atoms with van der Waals surface area (Å²) in [6.45, 7) is 3.75. The van der Waals surface area contributed by atoms with E-state index in [1.807, 2.05) is 11.8 Å². The zero-order chi connectivity index (χ0) is 18.8. The lowest BCUT2D eigenvalue weighted by atomic mass is 9.95. The molecule has 1 aromatic carbocycles. The Morgan fingerprint density at radius 3 is 2.65 bits per heavy atom. The van der Waals surface area contributed by atoms with Gasteiger partial charge in [-0.25, -0.2) is 9.48 Å². The molecule has 1 saturated heterocycles. The first-order chi connectivity index (χ1) is 12.5. The summed E-state index contributed by atoms with van der Waals surface area (Å²) >= 11 is 6.04. The Bertz CT molecular complexity index is 866. The molecular formula is C18H23ClN4O3. The summed E-state index contributed by atoms with van der Waals surface area (Å²) in [7, 11) is 3.21. The Labute approximate surface area is 157 Å². The van der Waals surface area contributed by atoms with Gasteiger partial charge in [0.05, 0.1) is 12.7 Å². The van der Waals surface area contributed by atoms with Crippen molar-refractivity contribution in [2.75, 3.05) is 20.2 Å². The molecule has 1 fully saturated rings. The van der Waals surface area contributed by atoms with Crippen molar-refractivity contribution in [1.82, 2.24) is 19.2 Å². The maximum absolute atomic E-state index is 12.9. The molecule has 1 aliphatic heterocycles. The summed E-state index contributed by atoms with van der Waals surface area (Å²) < 4.78 is 8.38. The van der Waals surface area contributed by atoms with Crippen molar-refractivity contribution >= 4 is 17.5 Å². The van der Waals surface area contributed by atoms with Crippen molar-refractivity contribution in [2.45, 2.75) is 32.2 Å².